The zero-order chi connectivity index (χ0) is 13.8. The molecular formula is C14H22N4O. The van der Waals surface area contributed by atoms with Crippen LogP contribution in [0.2, 0.25) is 0 Å². The summed E-state index contributed by atoms with van der Waals surface area (Å²) in [5.74, 6) is 1.23. The van der Waals surface area contributed by atoms with E-state index < -0.39 is 0 Å². The van der Waals surface area contributed by atoms with Crippen molar-refractivity contribution in [1.82, 2.24) is 14.9 Å². The highest BCUT2D eigenvalue weighted by Gasteiger charge is 2.31. The summed E-state index contributed by atoms with van der Waals surface area (Å²) in [6.07, 6.45) is 5.28. The van der Waals surface area contributed by atoms with Crippen LogP contribution >= 0.6 is 0 Å². The number of nitrogens with one attached hydrogen (secondary N) is 1. The fourth-order valence-electron chi connectivity index (χ4n) is 2.54. The summed E-state index contributed by atoms with van der Waals surface area (Å²) >= 11 is 0. The highest BCUT2D eigenvalue weighted by molar-refractivity contribution is 5.92. The molecule has 1 aromatic rings. The predicted molar refractivity (Wildman–Crippen MR) is 75.1 cm³/mol. The highest BCUT2D eigenvalue weighted by Crippen LogP contribution is 2.23. The molecule has 1 fully saturated rings. The third-order valence-electron chi connectivity index (χ3n) is 3.45. The zero-order valence-electron chi connectivity index (χ0n) is 11.9. The van der Waals surface area contributed by atoms with Gasteiger partial charge in [0.15, 0.2) is 0 Å². The van der Waals surface area contributed by atoms with Gasteiger partial charge >= 0.3 is 0 Å². The van der Waals surface area contributed by atoms with Gasteiger partial charge in [-0.05, 0) is 25.7 Å². The predicted octanol–water partition coefficient (Wildman–Crippen LogP) is 2.17. The van der Waals surface area contributed by atoms with Crippen LogP contribution in [0.1, 0.15) is 44.1 Å². The lowest BCUT2D eigenvalue weighted by Gasteiger charge is -2.21. The fraction of sp³-hybridized carbons (Fsp3) is 0.643. The maximum atomic E-state index is 12.4. The molecular weight excluding hydrogens is 240 g/mol. The summed E-state index contributed by atoms with van der Waals surface area (Å²) in [7, 11) is 0. The fourth-order valence-corrected chi connectivity index (χ4v) is 2.54. The molecule has 1 aliphatic heterocycles. The van der Waals surface area contributed by atoms with Crippen LogP contribution in [0.3, 0.4) is 0 Å². The van der Waals surface area contributed by atoms with E-state index in [2.05, 4.69) is 36.1 Å². The van der Waals surface area contributed by atoms with E-state index in [9.17, 15) is 4.79 Å². The second kappa shape index (κ2) is 5.99. The largest absolute Gasteiger partial charge is 0.369 e. The first-order valence-corrected chi connectivity index (χ1v) is 6.98. The van der Waals surface area contributed by atoms with Crippen LogP contribution in [0.4, 0.5) is 5.82 Å². The van der Waals surface area contributed by atoms with Crippen molar-refractivity contribution >= 4 is 11.7 Å². The van der Waals surface area contributed by atoms with E-state index in [-0.39, 0.29) is 11.9 Å². The van der Waals surface area contributed by atoms with Crippen LogP contribution in [0.5, 0.6) is 0 Å². The van der Waals surface area contributed by atoms with Crippen LogP contribution < -0.4 is 5.32 Å². The average Bonchev–Trinajstić information content (AvgIpc) is 2.75. The minimum Gasteiger partial charge on any atom is -0.369 e. The molecule has 0 aromatic carbocycles. The molecule has 1 aliphatic rings. The molecule has 1 saturated heterocycles. The monoisotopic (exact) mass is 262 g/mol. The van der Waals surface area contributed by atoms with E-state index in [4.69, 9.17) is 0 Å². The molecule has 1 N–H and O–H groups in total. The van der Waals surface area contributed by atoms with Gasteiger partial charge in [0.25, 0.3) is 5.91 Å². The summed E-state index contributed by atoms with van der Waals surface area (Å²) in [4.78, 5) is 22.8. The van der Waals surface area contributed by atoms with E-state index in [1.54, 1.807) is 12.4 Å². The molecule has 0 spiro atoms. The summed E-state index contributed by atoms with van der Waals surface area (Å²) < 4.78 is 0. The molecule has 0 bridgehead atoms. The number of hydrogen-bond donors (Lipinski definition) is 1. The Morgan fingerprint density at radius 3 is 2.89 bits per heavy atom. The Labute approximate surface area is 114 Å². The summed E-state index contributed by atoms with van der Waals surface area (Å²) in [6, 6.07) is 0.288. The van der Waals surface area contributed by atoms with Gasteiger partial charge in [-0.1, -0.05) is 13.8 Å². The molecule has 0 radical (unpaired) electrons. The van der Waals surface area contributed by atoms with Crippen molar-refractivity contribution in [2.24, 2.45) is 5.92 Å². The summed E-state index contributed by atoms with van der Waals surface area (Å²) in [5, 5.41) is 3.16. The van der Waals surface area contributed by atoms with Crippen molar-refractivity contribution in [1.29, 1.82) is 0 Å². The molecule has 5 nitrogen and oxygen atoms in total. The second-order valence-electron chi connectivity index (χ2n) is 5.36. The van der Waals surface area contributed by atoms with Gasteiger partial charge in [0.1, 0.15) is 11.5 Å². The third-order valence-corrected chi connectivity index (χ3v) is 3.45. The van der Waals surface area contributed by atoms with Gasteiger partial charge in [-0.2, -0.15) is 0 Å². The van der Waals surface area contributed by atoms with Gasteiger partial charge in [-0.3, -0.25) is 9.78 Å². The van der Waals surface area contributed by atoms with Crippen LogP contribution in [-0.2, 0) is 0 Å². The molecule has 1 aromatic heterocycles. The Hall–Kier alpha value is -1.65. The standard InChI is InChI=1S/C14H22N4O/c1-4-5-16-13-8-15-7-12(17-13)14(19)18-9-10(2)6-11(18)3/h7-8,10-11H,4-6,9H2,1-3H3,(H,16,17). The van der Waals surface area contributed by atoms with Gasteiger partial charge in [0, 0.05) is 19.1 Å². The lowest BCUT2D eigenvalue weighted by atomic mass is 10.1. The smallest absolute Gasteiger partial charge is 0.274 e. The minimum absolute atomic E-state index is 0.00972. The number of carbonyl (C=O) groups excluding carboxylic acids is 1. The van der Waals surface area contributed by atoms with Crippen LogP contribution in [0.15, 0.2) is 12.4 Å². The van der Waals surface area contributed by atoms with Crippen molar-refractivity contribution in [2.75, 3.05) is 18.4 Å². The Morgan fingerprint density at radius 1 is 1.47 bits per heavy atom. The number of aromatic nitrogens is 2. The second-order valence-corrected chi connectivity index (χ2v) is 5.36. The van der Waals surface area contributed by atoms with E-state index in [0.29, 0.717) is 17.4 Å². The average molecular weight is 262 g/mol. The Balaban J connectivity index is 2.10. The summed E-state index contributed by atoms with van der Waals surface area (Å²) in [5.41, 5.74) is 0.432. The molecule has 2 rings (SSSR count). The maximum absolute atomic E-state index is 12.4. The molecule has 19 heavy (non-hydrogen) atoms. The molecule has 0 aliphatic carbocycles. The molecule has 2 unspecified atom stereocenters. The van der Waals surface area contributed by atoms with E-state index >= 15 is 0 Å². The van der Waals surface area contributed by atoms with Gasteiger partial charge in [0.2, 0.25) is 0 Å². The number of hydrogen-bond acceptors (Lipinski definition) is 4. The number of carbonyl (C=O) groups is 1. The van der Waals surface area contributed by atoms with Gasteiger partial charge in [-0.15, -0.1) is 0 Å². The molecule has 2 atom stereocenters. The van der Waals surface area contributed by atoms with E-state index in [0.717, 1.165) is 25.9 Å². The number of likely N-dealkylation sites (tertiary alicyclic amines) is 1. The molecule has 5 heteroatoms. The number of nitrogens with zero attached hydrogens (tertiary/aromatic N) is 3. The number of amides is 1. The topological polar surface area (TPSA) is 58.1 Å². The highest BCUT2D eigenvalue weighted by atomic mass is 16.2. The number of anilines is 1. The molecule has 104 valence electrons. The van der Waals surface area contributed by atoms with Crippen molar-refractivity contribution in [3.63, 3.8) is 0 Å². The first-order valence-electron chi connectivity index (χ1n) is 6.98. The molecule has 0 saturated carbocycles. The van der Waals surface area contributed by atoms with Gasteiger partial charge in [-0.25, -0.2) is 4.98 Å². The van der Waals surface area contributed by atoms with E-state index in [1.807, 2.05) is 4.90 Å². The normalized spacial score (nSPS) is 22.6. The van der Waals surface area contributed by atoms with Crippen molar-refractivity contribution in [3.05, 3.63) is 18.1 Å². The lowest BCUT2D eigenvalue weighted by Crippen LogP contribution is -2.34. The van der Waals surface area contributed by atoms with Gasteiger partial charge < -0.3 is 10.2 Å². The Kier molecular flexibility index (Phi) is 4.35. The zero-order valence-corrected chi connectivity index (χ0v) is 11.9. The van der Waals surface area contributed by atoms with Crippen LogP contribution in [-0.4, -0.2) is 39.9 Å². The van der Waals surface area contributed by atoms with Crippen LogP contribution in [0, 0.1) is 5.92 Å². The summed E-state index contributed by atoms with van der Waals surface area (Å²) in [6.45, 7) is 8.00. The molecule has 1 amide bonds. The Morgan fingerprint density at radius 2 is 2.26 bits per heavy atom. The van der Waals surface area contributed by atoms with E-state index in [1.165, 1.54) is 0 Å². The Bertz CT molecular complexity index is 449. The first-order chi connectivity index (χ1) is 9.11. The third kappa shape index (κ3) is 3.22. The number of rotatable bonds is 4. The minimum atomic E-state index is -0.00972. The maximum Gasteiger partial charge on any atom is 0.274 e. The van der Waals surface area contributed by atoms with Crippen molar-refractivity contribution in [2.45, 2.75) is 39.7 Å². The van der Waals surface area contributed by atoms with Crippen LogP contribution in [0.25, 0.3) is 0 Å². The lowest BCUT2D eigenvalue weighted by molar-refractivity contribution is 0.0737. The molecule has 2 heterocycles. The van der Waals surface area contributed by atoms with Gasteiger partial charge in [0.05, 0.1) is 12.4 Å². The van der Waals surface area contributed by atoms with Crippen molar-refractivity contribution in [3.8, 4) is 0 Å². The quantitative estimate of drug-likeness (QED) is 0.903. The first kappa shape index (κ1) is 13.8. The van der Waals surface area contributed by atoms with Crippen molar-refractivity contribution < 1.29 is 4.79 Å². The SMILES string of the molecule is CCCNc1cncc(C(=O)N2CC(C)CC2C)n1.